The zero-order valence-corrected chi connectivity index (χ0v) is 18.2. The molecule has 0 aliphatic carbocycles. The van der Waals surface area contributed by atoms with E-state index in [1.54, 1.807) is 17.9 Å². The van der Waals surface area contributed by atoms with Gasteiger partial charge in [0.05, 0.1) is 12.2 Å². The summed E-state index contributed by atoms with van der Waals surface area (Å²) >= 11 is 12.5. The van der Waals surface area contributed by atoms with Crippen LogP contribution in [0.1, 0.15) is 49.3 Å². The van der Waals surface area contributed by atoms with E-state index < -0.39 is 5.97 Å². The van der Waals surface area contributed by atoms with Crippen molar-refractivity contribution in [3.8, 4) is 0 Å². The molecule has 0 saturated carbocycles. The van der Waals surface area contributed by atoms with Crippen LogP contribution in [0.2, 0.25) is 10.2 Å². The van der Waals surface area contributed by atoms with Gasteiger partial charge in [-0.15, -0.1) is 0 Å². The Labute approximate surface area is 175 Å². The first-order chi connectivity index (χ1) is 13.1. The molecular weight excluding hydrogens is 401 g/mol. The molecule has 0 spiro atoms. The third kappa shape index (κ3) is 5.06. The third-order valence-electron chi connectivity index (χ3n) is 4.27. The predicted octanol–water partition coefficient (Wildman–Crippen LogP) is 4.35. The van der Waals surface area contributed by atoms with E-state index in [1.165, 1.54) is 4.68 Å². The number of hydrogen-bond acceptors (Lipinski definition) is 4. The van der Waals surface area contributed by atoms with Crippen LogP contribution in [-0.4, -0.2) is 45.2 Å². The average molecular weight is 426 g/mol. The number of aromatic nitrogens is 2. The van der Waals surface area contributed by atoms with Gasteiger partial charge in [-0.25, -0.2) is 9.48 Å². The lowest BCUT2D eigenvalue weighted by Crippen LogP contribution is -2.44. The molecule has 0 bridgehead atoms. The van der Waals surface area contributed by atoms with Gasteiger partial charge in [-0.1, -0.05) is 41.4 Å². The molecule has 0 aliphatic heterocycles. The van der Waals surface area contributed by atoms with E-state index in [4.69, 9.17) is 27.9 Å². The number of esters is 1. The Balaban J connectivity index is 2.13. The molecule has 1 aromatic heterocycles. The molecule has 6 nitrogen and oxygen atoms in total. The van der Waals surface area contributed by atoms with Crippen molar-refractivity contribution >= 4 is 35.1 Å². The maximum Gasteiger partial charge on any atom is 0.343 e. The summed E-state index contributed by atoms with van der Waals surface area (Å²) < 4.78 is 6.72. The Hall–Kier alpha value is -2.05. The molecule has 1 heterocycles. The van der Waals surface area contributed by atoms with Gasteiger partial charge in [0.15, 0.2) is 6.61 Å². The van der Waals surface area contributed by atoms with E-state index in [0.717, 1.165) is 5.56 Å². The Morgan fingerprint density at radius 3 is 2.32 bits per heavy atom. The molecule has 0 N–H and O–H groups in total. The van der Waals surface area contributed by atoms with Crippen molar-refractivity contribution in [3.63, 3.8) is 0 Å². The lowest BCUT2D eigenvalue weighted by atomic mass is 10.2. The highest BCUT2D eigenvalue weighted by molar-refractivity contribution is 6.33. The Morgan fingerprint density at radius 1 is 1.14 bits per heavy atom. The molecule has 0 saturated heterocycles. The zero-order chi connectivity index (χ0) is 21.0. The van der Waals surface area contributed by atoms with Gasteiger partial charge in [0.2, 0.25) is 0 Å². The minimum absolute atomic E-state index is 0.00916. The maximum atomic E-state index is 12.5. The summed E-state index contributed by atoms with van der Waals surface area (Å²) in [5.41, 5.74) is 1.41. The minimum atomic E-state index is -0.672. The van der Waals surface area contributed by atoms with E-state index >= 15 is 0 Å². The van der Waals surface area contributed by atoms with Crippen LogP contribution >= 0.6 is 23.2 Å². The second-order valence-electron chi connectivity index (χ2n) is 7.06. The molecule has 1 amide bonds. The normalized spacial score (nSPS) is 11.2. The fourth-order valence-corrected chi connectivity index (χ4v) is 3.63. The predicted molar refractivity (Wildman–Crippen MR) is 110 cm³/mol. The van der Waals surface area contributed by atoms with Gasteiger partial charge in [0.25, 0.3) is 5.91 Å². The van der Waals surface area contributed by atoms with Crippen LogP contribution in [0.25, 0.3) is 0 Å². The number of ether oxygens (including phenoxy) is 1. The van der Waals surface area contributed by atoms with E-state index in [9.17, 15) is 9.59 Å². The van der Waals surface area contributed by atoms with Crippen molar-refractivity contribution in [2.75, 3.05) is 6.61 Å². The van der Waals surface area contributed by atoms with Crippen LogP contribution in [0.3, 0.4) is 0 Å². The summed E-state index contributed by atoms with van der Waals surface area (Å²) in [6, 6.07) is 7.35. The van der Waals surface area contributed by atoms with Crippen LogP contribution < -0.4 is 0 Å². The number of nitrogens with zero attached hydrogens (tertiary/aromatic N) is 3. The first-order valence-electron chi connectivity index (χ1n) is 9.08. The summed E-state index contributed by atoms with van der Waals surface area (Å²) in [5, 5.41) is 5.06. The number of aryl methyl sites for hydroxylation is 1. The molecule has 0 unspecified atom stereocenters. The smallest absolute Gasteiger partial charge is 0.343 e. The number of amides is 1. The fraction of sp³-hybridized carbons (Fsp3) is 0.450. The van der Waals surface area contributed by atoms with E-state index in [2.05, 4.69) is 5.10 Å². The minimum Gasteiger partial charge on any atom is -0.452 e. The second-order valence-corrected chi connectivity index (χ2v) is 7.83. The quantitative estimate of drug-likeness (QED) is 0.618. The number of rotatable bonds is 7. The standard InChI is InChI=1S/C20H25Cl2N3O3/c1-12(2)25(13(3)4)17(26)11-28-20(27)18-14(5)23-24(19(18)22)10-15-8-6-7-9-16(15)21/h6-9,12-13H,10-11H2,1-5H3. The summed E-state index contributed by atoms with van der Waals surface area (Å²) in [6.07, 6.45) is 0. The highest BCUT2D eigenvalue weighted by atomic mass is 35.5. The van der Waals surface area contributed by atoms with Crippen LogP contribution in [0, 0.1) is 6.92 Å². The molecule has 28 heavy (non-hydrogen) atoms. The van der Waals surface area contributed by atoms with Crippen molar-refractivity contribution in [1.82, 2.24) is 14.7 Å². The van der Waals surface area contributed by atoms with Gasteiger partial charge < -0.3 is 9.64 Å². The fourth-order valence-electron chi connectivity index (χ4n) is 3.12. The first-order valence-corrected chi connectivity index (χ1v) is 9.83. The largest absolute Gasteiger partial charge is 0.452 e. The van der Waals surface area contributed by atoms with Crippen molar-refractivity contribution in [3.05, 3.63) is 51.3 Å². The Bertz CT molecular complexity index is 854. The number of halogens is 2. The number of hydrogen-bond donors (Lipinski definition) is 0. The van der Waals surface area contributed by atoms with Crippen molar-refractivity contribution in [1.29, 1.82) is 0 Å². The molecule has 0 atom stereocenters. The van der Waals surface area contributed by atoms with Gasteiger partial charge >= 0.3 is 5.97 Å². The average Bonchev–Trinajstić information content (AvgIpc) is 2.88. The molecule has 0 radical (unpaired) electrons. The molecule has 2 rings (SSSR count). The first kappa shape index (κ1) is 22.2. The van der Waals surface area contributed by atoms with E-state index in [-0.39, 0.29) is 35.3 Å². The lowest BCUT2D eigenvalue weighted by Gasteiger charge is -2.30. The van der Waals surface area contributed by atoms with Gasteiger partial charge in [0.1, 0.15) is 10.7 Å². The molecule has 8 heteroatoms. The zero-order valence-electron chi connectivity index (χ0n) is 16.7. The monoisotopic (exact) mass is 425 g/mol. The number of carbonyl (C=O) groups excluding carboxylic acids is 2. The molecule has 0 fully saturated rings. The highest BCUT2D eigenvalue weighted by Gasteiger charge is 2.25. The van der Waals surface area contributed by atoms with Crippen molar-refractivity contribution in [2.24, 2.45) is 0 Å². The number of benzene rings is 1. The van der Waals surface area contributed by atoms with Gasteiger partial charge in [0, 0.05) is 17.1 Å². The second kappa shape index (κ2) is 9.43. The van der Waals surface area contributed by atoms with Crippen LogP contribution in [-0.2, 0) is 16.1 Å². The van der Waals surface area contributed by atoms with Gasteiger partial charge in [-0.2, -0.15) is 5.10 Å². The van der Waals surface area contributed by atoms with Crippen LogP contribution in [0.15, 0.2) is 24.3 Å². The van der Waals surface area contributed by atoms with Crippen molar-refractivity contribution < 1.29 is 14.3 Å². The molecule has 2 aromatic rings. The van der Waals surface area contributed by atoms with Gasteiger partial charge in [-0.3, -0.25) is 4.79 Å². The third-order valence-corrected chi connectivity index (χ3v) is 5.03. The summed E-state index contributed by atoms with van der Waals surface area (Å²) in [6.45, 7) is 9.31. The Kier molecular flexibility index (Phi) is 7.49. The molecular formula is C20H25Cl2N3O3. The molecule has 0 aliphatic rings. The number of carbonyl (C=O) groups is 2. The topological polar surface area (TPSA) is 64.4 Å². The lowest BCUT2D eigenvalue weighted by molar-refractivity contribution is -0.138. The molecule has 1 aromatic carbocycles. The van der Waals surface area contributed by atoms with Crippen LogP contribution in [0.5, 0.6) is 0 Å². The van der Waals surface area contributed by atoms with E-state index in [0.29, 0.717) is 17.3 Å². The SMILES string of the molecule is Cc1nn(Cc2ccccc2Cl)c(Cl)c1C(=O)OCC(=O)N(C(C)C)C(C)C. The summed E-state index contributed by atoms with van der Waals surface area (Å²) in [7, 11) is 0. The Morgan fingerprint density at radius 2 is 1.75 bits per heavy atom. The maximum absolute atomic E-state index is 12.5. The van der Waals surface area contributed by atoms with Crippen molar-refractivity contribution in [2.45, 2.75) is 53.2 Å². The highest BCUT2D eigenvalue weighted by Crippen LogP contribution is 2.24. The molecule has 152 valence electrons. The van der Waals surface area contributed by atoms with E-state index in [1.807, 2.05) is 45.9 Å². The van der Waals surface area contributed by atoms with Crippen LogP contribution in [0.4, 0.5) is 0 Å². The summed E-state index contributed by atoms with van der Waals surface area (Å²) in [4.78, 5) is 26.6. The van der Waals surface area contributed by atoms with Gasteiger partial charge in [-0.05, 0) is 46.2 Å². The summed E-state index contributed by atoms with van der Waals surface area (Å²) in [5.74, 6) is -0.927.